The molecule has 1 N–H and O–H groups in total. The maximum Gasteiger partial charge on any atom is 0.242 e. The van der Waals surface area contributed by atoms with Gasteiger partial charge in [-0.25, -0.2) is 4.39 Å². The van der Waals surface area contributed by atoms with Crippen molar-refractivity contribution in [3.63, 3.8) is 0 Å². The van der Waals surface area contributed by atoms with Gasteiger partial charge in [-0.3, -0.25) is 9.59 Å². The van der Waals surface area contributed by atoms with Crippen LogP contribution in [0.25, 0.3) is 0 Å². The Balaban J connectivity index is 2.10. The Bertz CT molecular complexity index is 859. The molecule has 2 amide bonds. The first-order valence-electron chi connectivity index (χ1n) is 10.3. The van der Waals surface area contributed by atoms with E-state index in [1.165, 1.54) is 17.8 Å². The van der Waals surface area contributed by atoms with Gasteiger partial charge >= 0.3 is 0 Å². The molecular weight excluding hydrogens is 399 g/mol. The van der Waals surface area contributed by atoms with Crippen molar-refractivity contribution < 1.29 is 14.0 Å². The molecule has 0 fully saturated rings. The number of carbonyl (C=O) groups is 2. The van der Waals surface area contributed by atoms with Gasteiger partial charge in [0.1, 0.15) is 11.9 Å². The van der Waals surface area contributed by atoms with Crippen LogP contribution in [0.5, 0.6) is 0 Å². The van der Waals surface area contributed by atoms with E-state index in [1.54, 1.807) is 30.0 Å². The smallest absolute Gasteiger partial charge is 0.242 e. The minimum atomic E-state index is -0.597. The van der Waals surface area contributed by atoms with Crippen molar-refractivity contribution in [3.05, 3.63) is 71.0 Å². The summed E-state index contributed by atoms with van der Waals surface area (Å²) in [4.78, 5) is 27.4. The Morgan fingerprint density at radius 3 is 2.33 bits per heavy atom. The predicted molar refractivity (Wildman–Crippen MR) is 122 cm³/mol. The van der Waals surface area contributed by atoms with Gasteiger partial charge in [-0.05, 0) is 49.9 Å². The molecule has 2 atom stereocenters. The van der Waals surface area contributed by atoms with E-state index in [9.17, 15) is 14.0 Å². The molecule has 0 spiro atoms. The molecule has 0 aliphatic rings. The molecule has 2 aromatic rings. The van der Waals surface area contributed by atoms with Crippen molar-refractivity contribution in [2.75, 3.05) is 5.75 Å². The zero-order valence-electron chi connectivity index (χ0n) is 18.2. The Morgan fingerprint density at radius 2 is 1.70 bits per heavy atom. The highest BCUT2D eigenvalue weighted by atomic mass is 32.2. The summed E-state index contributed by atoms with van der Waals surface area (Å²) in [5.41, 5.74) is 2.65. The zero-order chi connectivity index (χ0) is 22.1. The molecule has 30 heavy (non-hydrogen) atoms. The van der Waals surface area contributed by atoms with Crippen LogP contribution in [0.1, 0.15) is 43.9 Å². The van der Waals surface area contributed by atoms with Crippen LogP contribution in [-0.4, -0.2) is 34.6 Å². The number of hydrogen-bond acceptors (Lipinski definition) is 3. The van der Waals surface area contributed by atoms with Gasteiger partial charge in [0, 0.05) is 18.3 Å². The quantitative estimate of drug-likeness (QED) is 0.594. The summed E-state index contributed by atoms with van der Waals surface area (Å²) in [5.74, 6) is 0.0258. The monoisotopic (exact) mass is 430 g/mol. The fraction of sp³-hybridized carbons (Fsp3) is 0.417. The number of rotatable bonds is 10. The summed E-state index contributed by atoms with van der Waals surface area (Å²) in [7, 11) is 0. The molecular formula is C24H31FN2O2S. The molecule has 0 bridgehead atoms. The average Bonchev–Trinajstić information content (AvgIpc) is 2.73. The topological polar surface area (TPSA) is 49.4 Å². The van der Waals surface area contributed by atoms with Crippen LogP contribution in [0.2, 0.25) is 0 Å². The normalized spacial score (nSPS) is 12.8. The summed E-state index contributed by atoms with van der Waals surface area (Å²) >= 11 is 1.36. The summed E-state index contributed by atoms with van der Waals surface area (Å²) < 4.78 is 13.8. The number of halogens is 1. The fourth-order valence-electron chi connectivity index (χ4n) is 2.97. The third kappa shape index (κ3) is 6.87. The molecule has 2 rings (SSSR count). The Kier molecular flexibility index (Phi) is 9.37. The molecule has 0 aliphatic carbocycles. The van der Waals surface area contributed by atoms with Crippen LogP contribution in [-0.2, 0) is 21.9 Å². The minimum Gasteiger partial charge on any atom is -0.352 e. The third-order valence-electron chi connectivity index (χ3n) is 5.21. The Labute approximate surface area is 183 Å². The summed E-state index contributed by atoms with van der Waals surface area (Å²) in [6, 6.07) is 13.9. The SMILES string of the molecule is CCC(C)NC(=O)C(C)N(Cc1ccccc1C)C(=O)CSCc1ccccc1F. The highest BCUT2D eigenvalue weighted by Crippen LogP contribution is 2.19. The van der Waals surface area contributed by atoms with E-state index in [0.717, 1.165) is 17.5 Å². The van der Waals surface area contributed by atoms with E-state index in [1.807, 2.05) is 45.0 Å². The molecule has 0 radical (unpaired) electrons. The Hall–Kier alpha value is -2.34. The van der Waals surface area contributed by atoms with Gasteiger partial charge in [0.05, 0.1) is 5.75 Å². The van der Waals surface area contributed by atoms with Gasteiger partial charge in [0.15, 0.2) is 0 Å². The van der Waals surface area contributed by atoms with Crippen molar-refractivity contribution in [1.82, 2.24) is 10.2 Å². The highest BCUT2D eigenvalue weighted by Gasteiger charge is 2.27. The van der Waals surface area contributed by atoms with Gasteiger partial charge in [0.25, 0.3) is 0 Å². The average molecular weight is 431 g/mol. The predicted octanol–water partition coefficient (Wildman–Crippen LogP) is 4.70. The number of nitrogens with zero attached hydrogens (tertiary/aromatic N) is 1. The number of benzene rings is 2. The van der Waals surface area contributed by atoms with Crippen molar-refractivity contribution in [2.45, 2.75) is 58.5 Å². The summed E-state index contributed by atoms with van der Waals surface area (Å²) in [6.07, 6.45) is 0.822. The first-order valence-corrected chi connectivity index (χ1v) is 11.4. The molecule has 2 aromatic carbocycles. The minimum absolute atomic E-state index is 0.0470. The van der Waals surface area contributed by atoms with Crippen LogP contribution >= 0.6 is 11.8 Å². The van der Waals surface area contributed by atoms with Gasteiger partial charge in [0.2, 0.25) is 11.8 Å². The molecule has 0 saturated carbocycles. The van der Waals surface area contributed by atoms with E-state index < -0.39 is 6.04 Å². The van der Waals surface area contributed by atoms with Crippen LogP contribution in [0.3, 0.4) is 0 Å². The van der Waals surface area contributed by atoms with Crippen LogP contribution in [0.4, 0.5) is 4.39 Å². The van der Waals surface area contributed by atoms with E-state index in [0.29, 0.717) is 17.9 Å². The number of aryl methyl sites for hydroxylation is 1. The lowest BCUT2D eigenvalue weighted by atomic mass is 10.1. The maximum atomic E-state index is 13.8. The van der Waals surface area contributed by atoms with Gasteiger partial charge in [-0.15, -0.1) is 11.8 Å². The van der Waals surface area contributed by atoms with Crippen molar-refractivity contribution in [2.24, 2.45) is 0 Å². The zero-order valence-corrected chi connectivity index (χ0v) is 19.0. The molecule has 4 nitrogen and oxygen atoms in total. The van der Waals surface area contributed by atoms with Gasteiger partial charge < -0.3 is 10.2 Å². The lowest BCUT2D eigenvalue weighted by Gasteiger charge is -2.30. The molecule has 0 aromatic heterocycles. The fourth-order valence-corrected chi connectivity index (χ4v) is 3.86. The maximum absolute atomic E-state index is 13.8. The molecule has 0 saturated heterocycles. The molecule has 6 heteroatoms. The molecule has 0 heterocycles. The first kappa shape index (κ1) is 23.9. The second kappa shape index (κ2) is 11.7. The lowest BCUT2D eigenvalue weighted by Crippen LogP contribution is -2.50. The number of hydrogen-bond donors (Lipinski definition) is 1. The largest absolute Gasteiger partial charge is 0.352 e. The van der Waals surface area contributed by atoms with Gasteiger partial charge in [-0.1, -0.05) is 49.4 Å². The number of carbonyl (C=O) groups excluding carboxylic acids is 2. The van der Waals surface area contributed by atoms with Crippen molar-refractivity contribution in [1.29, 1.82) is 0 Å². The van der Waals surface area contributed by atoms with Crippen molar-refractivity contribution >= 4 is 23.6 Å². The van der Waals surface area contributed by atoms with E-state index in [2.05, 4.69) is 5.32 Å². The van der Waals surface area contributed by atoms with Crippen LogP contribution < -0.4 is 5.32 Å². The second-order valence-electron chi connectivity index (χ2n) is 7.53. The van der Waals surface area contributed by atoms with Crippen LogP contribution in [0.15, 0.2) is 48.5 Å². The molecule has 162 valence electrons. The van der Waals surface area contributed by atoms with Crippen molar-refractivity contribution in [3.8, 4) is 0 Å². The third-order valence-corrected chi connectivity index (χ3v) is 6.18. The lowest BCUT2D eigenvalue weighted by molar-refractivity contribution is -0.138. The number of nitrogens with one attached hydrogen (secondary N) is 1. The van der Waals surface area contributed by atoms with Gasteiger partial charge in [-0.2, -0.15) is 0 Å². The highest BCUT2D eigenvalue weighted by molar-refractivity contribution is 7.99. The second-order valence-corrected chi connectivity index (χ2v) is 8.51. The standard InChI is InChI=1S/C24H31FN2O2S/c1-5-18(3)26-24(29)19(4)27(14-20-11-7-6-10-17(20)2)23(28)16-30-15-21-12-8-9-13-22(21)25/h6-13,18-19H,5,14-16H2,1-4H3,(H,26,29). The van der Waals surface area contributed by atoms with E-state index >= 15 is 0 Å². The van der Waals surface area contributed by atoms with E-state index in [-0.39, 0.29) is 29.4 Å². The van der Waals surface area contributed by atoms with Crippen LogP contribution in [0, 0.1) is 12.7 Å². The summed E-state index contributed by atoms with van der Waals surface area (Å²) in [6.45, 7) is 8.07. The summed E-state index contributed by atoms with van der Waals surface area (Å²) in [5, 5.41) is 2.97. The number of thioether (sulfide) groups is 1. The first-order chi connectivity index (χ1) is 14.3. The molecule has 2 unspecified atom stereocenters. The van der Waals surface area contributed by atoms with E-state index in [4.69, 9.17) is 0 Å². The number of amides is 2. The Morgan fingerprint density at radius 1 is 1.07 bits per heavy atom. The molecule has 0 aliphatic heterocycles.